The van der Waals surface area contributed by atoms with Gasteiger partial charge in [0.2, 0.25) is 0 Å². The number of allylic oxidation sites excluding steroid dienone is 6. The van der Waals surface area contributed by atoms with E-state index in [-0.39, 0.29) is 11.2 Å². The van der Waals surface area contributed by atoms with Gasteiger partial charge >= 0.3 is 0 Å². The summed E-state index contributed by atoms with van der Waals surface area (Å²) in [7, 11) is 2.11. The quantitative estimate of drug-likeness (QED) is 0.698. The van der Waals surface area contributed by atoms with Gasteiger partial charge in [0.25, 0.3) is 0 Å². The van der Waals surface area contributed by atoms with E-state index in [1.807, 2.05) is 42.5 Å². The van der Waals surface area contributed by atoms with Gasteiger partial charge in [0.1, 0.15) is 0 Å². The Labute approximate surface area is 155 Å². The van der Waals surface area contributed by atoms with Gasteiger partial charge in [-0.15, -0.1) is 0 Å². The van der Waals surface area contributed by atoms with Crippen molar-refractivity contribution < 1.29 is 4.79 Å². The van der Waals surface area contributed by atoms with Crippen LogP contribution in [0.25, 0.3) is 0 Å². The Morgan fingerprint density at radius 2 is 1.65 bits per heavy atom. The lowest BCUT2D eigenvalue weighted by molar-refractivity contribution is 0.103. The zero-order valence-corrected chi connectivity index (χ0v) is 15.5. The Morgan fingerprint density at radius 1 is 0.962 bits per heavy atom. The van der Waals surface area contributed by atoms with Crippen molar-refractivity contribution in [3.63, 3.8) is 0 Å². The molecule has 0 fully saturated rings. The minimum Gasteiger partial charge on any atom is -0.347 e. The summed E-state index contributed by atoms with van der Waals surface area (Å²) in [6.07, 6.45) is 8.87. The number of rotatable bonds is 2. The lowest BCUT2D eigenvalue weighted by atomic mass is 9.84. The predicted octanol–water partition coefficient (Wildman–Crippen LogP) is 5.22. The van der Waals surface area contributed by atoms with Gasteiger partial charge in [0.05, 0.1) is 0 Å². The summed E-state index contributed by atoms with van der Waals surface area (Å²) < 4.78 is 0. The van der Waals surface area contributed by atoms with Crippen molar-refractivity contribution in [3.05, 3.63) is 101 Å². The molecule has 2 aromatic carbocycles. The van der Waals surface area contributed by atoms with Crippen LogP contribution < -0.4 is 4.90 Å². The van der Waals surface area contributed by atoms with Gasteiger partial charge in [-0.25, -0.2) is 0 Å². The van der Waals surface area contributed by atoms with E-state index < -0.39 is 0 Å². The maximum Gasteiger partial charge on any atom is 0.189 e. The molecule has 26 heavy (non-hydrogen) atoms. The van der Waals surface area contributed by atoms with Crippen LogP contribution >= 0.6 is 0 Å². The van der Waals surface area contributed by atoms with Crippen LogP contribution in [0.15, 0.2) is 84.1 Å². The van der Waals surface area contributed by atoms with Gasteiger partial charge in [-0.3, -0.25) is 4.79 Å². The molecule has 1 aliphatic heterocycles. The molecule has 0 spiro atoms. The second-order valence-electron chi connectivity index (χ2n) is 7.49. The molecule has 0 unspecified atom stereocenters. The van der Waals surface area contributed by atoms with Crippen molar-refractivity contribution in [2.24, 2.45) is 0 Å². The molecule has 2 aromatic rings. The molecule has 2 aliphatic rings. The zero-order chi connectivity index (χ0) is 18.3. The molecule has 2 heteroatoms. The topological polar surface area (TPSA) is 20.3 Å². The summed E-state index contributed by atoms with van der Waals surface area (Å²) >= 11 is 0. The fourth-order valence-electron chi connectivity index (χ4n) is 4.11. The molecule has 130 valence electrons. The summed E-state index contributed by atoms with van der Waals surface area (Å²) in [5.41, 5.74) is 6.68. The number of para-hydroxylation sites is 1. The molecule has 0 bridgehead atoms. The number of hydrogen-bond acceptors (Lipinski definition) is 2. The normalized spacial score (nSPS) is 21.0. The average Bonchev–Trinajstić information content (AvgIpc) is 3.06. The van der Waals surface area contributed by atoms with Crippen LogP contribution in [0, 0.1) is 0 Å². The largest absolute Gasteiger partial charge is 0.347 e. The monoisotopic (exact) mass is 341 g/mol. The first-order chi connectivity index (χ1) is 12.5. The highest BCUT2D eigenvalue weighted by Gasteiger charge is 2.37. The van der Waals surface area contributed by atoms with Crippen molar-refractivity contribution in [3.8, 4) is 0 Å². The minimum absolute atomic E-state index is 0.0256. The number of anilines is 1. The number of fused-ring (bicyclic) bond motifs is 2. The van der Waals surface area contributed by atoms with E-state index in [4.69, 9.17) is 0 Å². The van der Waals surface area contributed by atoms with Gasteiger partial charge in [-0.2, -0.15) is 0 Å². The fraction of sp³-hybridized carbons (Fsp3) is 0.208. The van der Waals surface area contributed by atoms with E-state index in [9.17, 15) is 4.79 Å². The second kappa shape index (κ2) is 6.14. The molecule has 4 rings (SSSR count). The molecule has 1 aliphatic carbocycles. The van der Waals surface area contributed by atoms with Crippen LogP contribution in [-0.2, 0) is 11.8 Å². The smallest absolute Gasteiger partial charge is 0.189 e. The van der Waals surface area contributed by atoms with Crippen LogP contribution in [0.2, 0.25) is 0 Å². The number of carbonyl (C=O) groups excluding carboxylic acids is 1. The van der Waals surface area contributed by atoms with Crippen molar-refractivity contribution in [2.75, 3.05) is 11.9 Å². The Balaban J connectivity index is 1.57. The molecule has 0 saturated carbocycles. The first kappa shape index (κ1) is 16.6. The molecule has 0 aromatic heterocycles. The molecule has 0 atom stereocenters. The number of nitrogens with zero attached hydrogens (tertiary/aromatic N) is 1. The van der Waals surface area contributed by atoms with E-state index >= 15 is 0 Å². The van der Waals surface area contributed by atoms with E-state index in [0.29, 0.717) is 0 Å². The third-order valence-corrected chi connectivity index (χ3v) is 5.54. The number of ketones is 1. The van der Waals surface area contributed by atoms with Gasteiger partial charge in [0, 0.05) is 41.4 Å². The van der Waals surface area contributed by atoms with Gasteiger partial charge < -0.3 is 4.90 Å². The summed E-state index contributed by atoms with van der Waals surface area (Å²) in [6.45, 7) is 4.51. The van der Waals surface area contributed by atoms with Crippen LogP contribution in [0.5, 0.6) is 0 Å². The highest BCUT2D eigenvalue weighted by molar-refractivity contribution is 6.13. The van der Waals surface area contributed by atoms with Crippen LogP contribution in [0.3, 0.4) is 0 Å². The van der Waals surface area contributed by atoms with Crippen molar-refractivity contribution >= 4 is 11.5 Å². The Hall–Kier alpha value is -2.87. The third kappa shape index (κ3) is 2.53. The maximum absolute atomic E-state index is 12.4. The molecule has 0 saturated heterocycles. The molecule has 1 heterocycles. The zero-order valence-electron chi connectivity index (χ0n) is 15.5. The van der Waals surface area contributed by atoms with E-state index in [1.54, 1.807) is 0 Å². The summed E-state index contributed by atoms with van der Waals surface area (Å²) in [5.74, 6) is 0.156. The minimum atomic E-state index is -0.0256. The van der Waals surface area contributed by atoms with Gasteiger partial charge in [-0.05, 0) is 23.3 Å². The SMILES string of the molecule is CN1C(=CC=CC=C2Cc3ccccc3C2=O)C(C)(C)c2ccccc21. The highest BCUT2D eigenvalue weighted by Crippen LogP contribution is 2.46. The van der Waals surface area contributed by atoms with Crippen molar-refractivity contribution in [1.82, 2.24) is 0 Å². The number of hydrogen-bond donors (Lipinski definition) is 0. The molecule has 0 radical (unpaired) electrons. The molecule has 0 amide bonds. The lowest BCUT2D eigenvalue weighted by Crippen LogP contribution is -2.22. The molecule has 0 N–H and O–H groups in total. The first-order valence-electron chi connectivity index (χ1n) is 9.04. The predicted molar refractivity (Wildman–Crippen MR) is 108 cm³/mol. The van der Waals surface area contributed by atoms with Crippen LogP contribution in [0.4, 0.5) is 5.69 Å². The second-order valence-corrected chi connectivity index (χ2v) is 7.49. The Kier molecular flexibility index (Phi) is 3.91. The standard InChI is InChI=1S/C24H23NO/c1-24(2)20-13-7-8-14-21(20)25(3)22(24)15-9-5-11-18-16-17-10-4-6-12-19(17)23(18)26/h4-15H,16H2,1-3H3. The van der Waals surface area contributed by atoms with E-state index in [0.717, 1.165) is 23.1 Å². The number of Topliss-reactive ketones (excluding diaryl/α,β-unsaturated/α-hetero) is 1. The number of benzene rings is 2. The summed E-state index contributed by atoms with van der Waals surface area (Å²) in [6, 6.07) is 16.4. The van der Waals surface area contributed by atoms with E-state index in [1.165, 1.54) is 16.9 Å². The Morgan fingerprint density at radius 3 is 2.42 bits per heavy atom. The summed E-state index contributed by atoms with van der Waals surface area (Å²) in [4.78, 5) is 14.7. The fourth-order valence-corrected chi connectivity index (χ4v) is 4.11. The maximum atomic E-state index is 12.4. The number of likely N-dealkylation sites (N-methyl/N-ethyl adjacent to an activating group) is 1. The average molecular weight is 341 g/mol. The molecular weight excluding hydrogens is 318 g/mol. The Bertz CT molecular complexity index is 975. The van der Waals surface area contributed by atoms with Gasteiger partial charge in [-0.1, -0.05) is 74.5 Å². The highest BCUT2D eigenvalue weighted by atomic mass is 16.1. The van der Waals surface area contributed by atoms with Crippen LogP contribution in [-0.4, -0.2) is 12.8 Å². The first-order valence-corrected chi connectivity index (χ1v) is 9.04. The number of carbonyl (C=O) groups is 1. The van der Waals surface area contributed by atoms with Gasteiger partial charge in [0.15, 0.2) is 5.78 Å². The van der Waals surface area contributed by atoms with Crippen molar-refractivity contribution in [1.29, 1.82) is 0 Å². The van der Waals surface area contributed by atoms with Crippen molar-refractivity contribution in [2.45, 2.75) is 25.7 Å². The van der Waals surface area contributed by atoms with Crippen LogP contribution in [0.1, 0.15) is 35.3 Å². The summed E-state index contributed by atoms with van der Waals surface area (Å²) in [5, 5.41) is 0. The third-order valence-electron chi connectivity index (χ3n) is 5.54. The lowest BCUT2D eigenvalue weighted by Gasteiger charge is -2.23. The van der Waals surface area contributed by atoms with E-state index in [2.05, 4.69) is 56.1 Å². The molecular formula is C24H23NO. The molecule has 2 nitrogen and oxygen atoms in total.